The summed E-state index contributed by atoms with van der Waals surface area (Å²) in [7, 11) is 1.90. The van der Waals surface area contributed by atoms with Gasteiger partial charge in [0.25, 0.3) is 0 Å². The van der Waals surface area contributed by atoms with Gasteiger partial charge in [-0.3, -0.25) is 4.79 Å². The number of allylic oxidation sites excluding steroid dienone is 1. The first-order valence-electron chi connectivity index (χ1n) is 6.78. The van der Waals surface area contributed by atoms with Gasteiger partial charge in [-0.2, -0.15) is 0 Å². The third-order valence-corrected chi connectivity index (χ3v) is 5.03. The van der Waals surface area contributed by atoms with Crippen LogP contribution in [0.2, 0.25) is 0 Å². The minimum Gasteiger partial charge on any atom is -0.507 e. The summed E-state index contributed by atoms with van der Waals surface area (Å²) in [4.78, 5) is 14.3. The lowest BCUT2D eigenvalue weighted by molar-refractivity contribution is -0.116. The molecule has 21 heavy (non-hydrogen) atoms. The van der Waals surface area contributed by atoms with E-state index < -0.39 is 0 Å². The zero-order valence-electron chi connectivity index (χ0n) is 11.5. The first-order valence-corrected chi connectivity index (χ1v) is 7.98. The van der Waals surface area contributed by atoms with Crippen molar-refractivity contribution in [3.05, 3.63) is 39.5 Å². The van der Waals surface area contributed by atoms with E-state index in [-0.39, 0.29) is 17.6 Å². The maximum Gasteiger partial charge on any atom is 0.173 e. The molecule has 0 saturated heterocycles. The topological polar surface area (TPSA) is 52.6 Å². The van der Waals surface area contributed by atoms with Gasteiger partial charge in [-0.1, -0.05) is 6.07 Å². The fraction of sp³-hybridized carbons (Fsp3) is 0.333. The molecule has 4 nitrogen and oxygen atoms in total. The van der Waals surface area contributed by atoms with Gasteiger partial charge in [-0.15, -0.1) is 0 Å². The van der Waals surface area contributed by atoms with Crippen molar-refractivity contribution in [3.8, 4) is 5.75 Å². The molecule has 1 heterocycles. The highest BCUT2D eigenvalue weighted by Gasteiger charge is 2.35. The van der Waals surface area contributed by atoms with Gasteiger partial charge in [-0.25, -0.2) is 0 Å². The molecule has 0 aromatic heterocycles. The molecule has 2 N–H and O–H groups in total. The number of phenols is 1. The second-order valence-electron chi connectivity index (χ2n) is 5.29. The van der Waals surface area contributed by atoms with Crippen LogP contribution in [0.15, 0.2) is 33.9 Å². The molecule has 1 aromatic rings. The van der Waals surface area contributed by atoms with Crippen molar-refractivity contribution < 1.29 is 9.90 Å². The number of nitrogens with zero attached hydrogens (tertiary/aromatic N) is 1. The number of hydrogen-bond donors (Lipinski definition) is 2. The zero-order valence-corrected chi connectivity index (χ0v) is 13.9. The predicted octanol–water partition coefficient (Wildman–Crippen LogP) is 3.02. The van der Waals surface area contributed by atoms with Gasteiger partial charge in [0.1, 0.15) is 5.75 Å². The number of thiocarbonyl (C=S) groups is 1. The van der Waals surface area contributed by atoms with E-state index in [9.17, 15) is 9.90 Å². The monoisotopic (exact) mass is 366 g/mol. The van der Waals surface area contributed by atoms with Crippen LogP contribution in [-0.4, -0.2) is 27.9 Å². The molecule has 0 bridgehead atoms. The lowest BCUT2D eigenvalue weighted by atomic mass is 9.85. The SMILES string of the molecule is CN1C(=S)NC(c2ccc(O)c(Br)c2)C2=C1CCCC2=O. The Labute approximate surface area is 137 Å². The van der Waals surface area contributed by atoms with E-state index in [1.807, 2.05) is 24.1 Å². The summed E-state index contributed by atoms with van der Waals surface area (Å²) in [5, 5.41) is 13.5. The van der Waals surface area contributed by atoms with E-state index in [4.69, 9.17) is 12.2 Å². The smallest absolute Gasteiger partial charge is 0.173 e. The van der Waals surface area contributed by atoms with E-state index in [0.717, 1.165) is 29.7 Å². The number of hydrogen-bond acceptors (Lipinski definition) is 3. The van der Waals surface area contributed by atoms with E-state index in [0.29, 0.717) is 16.0 Å². The number of Topliss-reactive ketones (excluding diaryl/α,β-unsaturated/α-hetero) is 1. The maximum absolute atomic E-state index is 12.4. The first kappa shape index (κ1) is 14.5. The molecule has 1 unspecified atom stereocenters. The van der Waals surface area contributed by atoms with Gasteiger partial charge in [0.15, 0.2) is 10.9 Å². The molecule has 0 amide bonds. The Morgan fingerprint density at radius 3 is 2.90 bits per heavy atom. The van der Waals surface area contributed by atoms with Gasteiger partial charge in [0.2, 0.25) is 0 Å². The summed E-state index contributed by atoms with van der Waals surface area (Å²) in [5.74, 6) is 0.353. The molecular weight excluding hydrogens is 352 g/mol. The average Bonchev–Trinajstić information content (AvgIpc) is 2.46. The number of rotatable bonds is 1. The maximum atomic E-state index is 12.4. The molecule has 1 aliphatic carbocycles. The van der Waals surface area contributed by atoms with Gasteiger partial charge < -0.3 is 15.3 Å². The Morgan fingerprint density at radius 2 is 2.19 bits per heavy atom. The van der Waals surface area contributed by atoms with Crippen LogP contribution >= 0.6 is 28.1 Å². The normalized spacial score (nSPS) is 22.2. The zero-order chi connectivity index (χ0) is 15.1. The molecule has 0 spiro atoms. The molecule has 110 valence electrons. The number of carbonyl (C=O) groups is 1. The summed E-state index contributed by atoms with van der Waals surface area (Å²) in [6, 6.07) is 5.02. The van der Waals surface area contributed by atoms with E-state index in [2.05, 4.69) is 21.2 Å². The van der Waals surface area contributed by atoms with Crippen molar-refractivity contribution in [2.24, 2.45) is 0 Å². The number of halogens is 1. The van der Waals surface area contributed by atoms with Crippen LogP contribution in [-0.2, 0) is 4.79 Å². The van der Waals surface area contributed by atoms with Crippen molar-refractivity contribution in [1.82, 2.24) is 10.2 Å². The molecule has 2 aliphatic rings. The first-order chi connectivity index (χ1) is 9.99. The largest absolute Gasteiger partial charge is 0.507 e. The third-order valence-electron chi connectivity index (χ3n) is 4.00. The molecule has 0 fully saturated rings. The molecule has 6 heteroatoms. The number of ketones is 1. The summed E-state index contributed by atoms with van der Waals surface area (Å²) in [6.45, 7) is 0. The average molecular weight is 367 g/mol. The summed E-state index contributed by atoms with van der Waals surface area (Å²) < 4.78 is 0.608. The lowest BCUT2D eigenvalue weighted by Gasteiger charge is -2.39. The van der Waals surface area contributed by atoms with Gasteiger partial charge in [0.05, 0.1) is 10.5 Å². The second kappa shape index (κ2) is 5.42. The van der Waals surface area contributed by atoms with Gasteiger partial charge >= 0.3 is 0 Å². The highest BCUT2D eigenvalue weighted by Crippen LogP contribution is 2.38. The fourth-order valence-electron chi connectivity index (χ4n) is 2.89. The molecule has 1 atom stereocenters. The van der Waals surface area contributed by atoms with Crippen molar-refractivity contribution in [3.63, 3.8) is 0 Å². The Morgan fingerprint density at radius 1 is 1.43 bits per heavy atom. The standard InChI is InChI=1S/C15H15BrN2O2S/c1-18-10-3-2-4-12(20)13(10)14(17-15(18)21)8-5-6-11(19)9(16)7-8/h5-7,14,19H,2-4H2,1H3,(H,17,21). The van der Waals surface area contributed by atoms with Crippen molar-refractivity contribution in [1.29, 1.82) is 0 Å². The Balaban J connectivity index is 2.12. The van der Waals surface area contributed by atoms with Gasteiger partial charge in [0, 0.05) is 24.7 Å². The minimum atomic E-state index is -0.242. The van der Waals surface area contributed by atoms with Crippen LogP contribution in [0.25, 0.3) is 0 Å². The van der Waals surface area contributed by atoms with Crippen LogP contribution in [0.1, 0.15) is 30.9 Å². The number of phenolic OH excluding ortho intramolecular Hbond substituents is 1. The van der Waals surface area contributed by atoms with Crippen LogP contribution < -0.4 is 5.32 Å². The van der Waals surface area contributed by atoms with Crippen molar-refractivity contribution in [2.75, 3.05) is 7.05 Å². The number of nitrogens with one attached hydrogen (secondary N) is 1. The summed E-state index contributed by atoms with van der Waals surface area (Å²) in [6.07, 6.45) is 2.32. The fourth-order valence-corrected chi connectivity index (χ4v) is 3.51. The quantitative estimate of drug-likeness (QED) is 0.748. The number of carbonyl (C=O) groups excluding carboxylic acids is 1. The summed E-state index contributed by atoms with van der Waals surface area (Å²) >= 11 is 8.70. The van der Waals surface area contributed by atoms with Crippen LogP contribution in [0, 0.1) is 0 Å². The van der Waals surface area contributed by atoms with E-state index >= 15 is 0 Å². The second-order valence-corrected chi connectivity index (χ2v) is 6.53. The third kappa shape index (κ3) is 2.46. The Bertz CT molecular complexity index is 672. The van der Waals surface area contributed by atoms with Crippen LogP contribution in [0.5, 0.6) is 5.75 Å². The number of aromatic hydroxyl groups is 1. The van der Waals surface area contributed by atoms with Crippen molar-refractivity contribution >= 4 is 39.0 Å². The summed E-state index contributed by atoms with van der Waals surface area (Å²) in [5.41, 5.74) is 2.73. The van der Waals surface area contributed by atoms with Crippen LogP contribution in [0.3, 0.4) is 0 Å². The van der Waals surface area contributed by atoms with Gasteiger partial charge in [-0.05, 0) is 58.7 Å². The Hall–Kier alpha value is -1.40. The molecule has 1 aliphatic heterocycles. The molecular formula is C15H15BrN2O2S. The molecule has 0 saturated carbocycles. The van der Waals surface area contributed by atoms with E-state index in [1.54, 1.807) is 6.07 Å². The highest BCUT2D eigenvalue weighted by molar-refractivity contribution is 9.10. The van der Waals surface area contributed by atoms with E-state index in [1.165, 1.54) is 0 Å². The van der Waals surface area contributed by atoms with Crippen LogP contribution in [0.4, 0.5) is 0 Å². The van der Waals surface area contributed by atoms with Crippen molar-refractivity contribution in [2.45, 2.75) is 25.3 Å². The Kier molecular flexibility index (Phi) is 3.75. The minimum absolute atomic E-state index is 0.173. The molecule has 3 rings (SSSR count). The number of benzene rings is 1. The highest BCUT2D eigenvalue weighted by atomic mass is 79.9. The predicted molar refractivity (Wildman–Crippen MR) is 87.9 cm³/mol. The molecule has 1 aromatic carbocycles. The lowest BCUT2D eigenvalue weighted by Crippen LogP contribution is -2.47. The molecule has 0 radical (unpaired) electrons.